The van der Waals surface area contributed by atoms with Crippen molar-refractivity contribution in [2.75, 3.05) is 18.5 Å². The van der Waals surface area contributed by atoms with Gasteiger partial charge in [-0.3, -0.25) is 4.79 Å². The lowest BCUT2D eigenvalue weighted by Gasteiger charge is -2.24. The van der Waals surface area contributed by atoms with Crippen LogP contribution in [-0.4, -0.2) is 41.3 Å². The highest BCUT2D eigenvalue weighted by Gasteiger charge is 2.17. The standard InChI is InChI=1S/C20H22N2O5/c1-12-11-14(3-6-18(12)27-15-7-9-26-10-8-15)22-19(23)17-5-4-16(20(24)25)13(2)21-17/h3-6,11,15H,7-10H2,1-2H3,(H,22,23)(H,24,25). The van der Waals surface area contributed by atoms with Crippen LogP contribution in [0.4, 0.5) is 5.69 Å². The Bertz CT molecular complexity index is 859. The number of aryl methyl sites for hydroxylation is 2. The van der Waals surface area contributed by atoms with Crippen molar-refractivity contribution in [1.29, 1.82) is 0 Å². The molecule has 0 saturated carbocycles. The monoisotopic (exact) mass is 370 g/mol. The van der Waals surface area contributed by atoms with E-state index < -0.39 is 11.9 Å². The molecule has 0 atom stereocenters. The molecule has 3 rings (SSSR count). The zero-order chi connectivity index (χ0) is 19.4. The van der Waals surface area contributed by atoms with E-state index in [9.17, 15) is 9.59 Å². The third-order valence-electron chi connectivity index (χ3n) is 4.44. The van der Waals surface area contributed by atoms with Crippen molar-refractivity contribution in [2.45, 2.75) is 32.8 Å². The maximum Gasteiger partial charge on any atom is 0.337 e. The molecule has 0 aliphatic carbocycles. The molecule has 7 nitrogen and oxygen atoms in total. The zero-order valence-corrected chi connectivity index (χ0v) is 15.3. The highest BCUT2D eigenvalue weighted by Crippen LogP contribution is 2.25. The molecule has 7 heteroatoms. The zero-order valence-electron chi connectivity index (χ0n) is 15.3. The van der Waals surface area contributed by atoms with E-state index in [1.165, 1.54) is 12.1 Å². The van der Waals surface area contributed by atoms with Crippen LogP contribution in [-0.2, 0) is 4.74 Å². The van der Waals surface area contributed by atoms with E-state index in [0.29, 0.717) is 24.6 Å². The summed E-state index contributed by atoms with van der Waals surface area (Å²) in [6.45, 7) is 4.91. The lowest BCUT2D eigenvalue weighted by Crippen LogP contribution is -2.26. The minimum absolute atomic E-state index is 0.0806. The molecule has 1 aliphatic heterocycles. The van der Waals surface area contributed by atoms with Gasteiger partial charge in [-0.05, 0) is 49.7 Å². The molecular formula is C20H22N2O5. The van der Waals surface area contributed by atoms with Gasteiger partial charge in [0.2, 0.25) is 0 Å². The Labute approximate surface area is 157 Å². The average molecular weight is 370 g/mol. The van der Waals surface area contributed by atoms with Crippen molar-refractivity contribution in [2.24, 2.45) is 0 Å². The summed E-state index contributed by atoms with van der Waals surface area (Å²) in [7, 11) is 0. The van der Waals surface area contributed by atoms with E-state index in [1.807, 2.05) is 19.1 Å². The number of nitrogens with one attached hydrogen (secondary N) is 1. The molecule has 0 bridgehead atoms. The average Bonchev–Trinajstić information content (AvgIpc) is 2.64. The van der Waals surface area contributed by atoms with Gasteiger partial charge in [-0.1, -0.05) is 0 Å². The van der Waals surface area contributed by atoms with Gasteiger partial charge in [-0.15, -0.1) is 0 Å². The van der Waals surface area contributed by atoms with Crippen LogP contribution >= 0.6 is 0 Å². The highest BCUT2D eigenvalue weighted by atomic mass is 16.5. The summed E-state index contributed by atoms with van der Waals surface area (Å²) in [5.74, 6) is -0.671. The lowest BCUT2D eigenvalue weighted by molar-refractivity contribution is 0.0253. The molecule has 1 amide bonds. The largest absolute Gasteiger partial charge is 0.490 e. The van der Waals surface area contributed by atoms with E-state index in [4.69, 9.17) is 14.6 Å². The molecular weight excluding hydrogens is 348 g/mol. The Morgan fingerprint density at radius 2 is 1.93 bits per heavy atom. The maximum atomic E-state index is 12.4. The van der Waals surface area contributed by atoms with Crippen molar-refractivity contribution < 1.29 is 24.2 Å². The Hall–Kier alpha value is -2.93. The molecule has 2 aromatic rings. The number of nitrogens with zero attached hydrogens (tertiary/aromatic N) is 1. The normalized spacial score (nSPS) is 14.6. The van der Waals surface area contributed by atoms with Crippen LogP contribution in [0.25, 0.3) is 0 Å². The van der Waals surface area contributed by atoms with Crippen molar-refractivity contribution in [3.8, 4) is 5.75 Å². The fraction of sp³-hybridized carbons (Fsp3) is 0.350. The molecule has 1 aromatic carbocycles. The molecule has 0 spiro atoms. The number of aromatic carboxylic acids is 1. The number of ether oxygens (including phenoxy) is 2. The van der Waals surface area contributed by atoms with Crippen molar-refractivity contribution in [3.05, 3.63) is 52.8 Å². The number of aromatic nitrogens is 1. The Balaban J connectivity index is 1.68. The fourth-order valence-corrected chi connectivity index (χ4v) is 2.94. The van der Waals surface area contributed by atoms with Gasteiger partial charge in [0.25, 0.3) is 5.91 Å². The fourth-order valence-electron chi connectivity index (χ4n) is 2.94. The lowest BCUT2D eigenvalue weighted by atomic mass is 10.1. The van der Waals surface area contributed by atoms with Crippen LogP contribution in [0.3, 0.4) is 0 Å². The number of benzene rings is 1. The topological polar surface area (TPSA) is 97.8 Å². The number of amides is 1. The summed E-state index contributed by atoms with van der Waals surface area (Å²) in [5, 5.41) is 11.8. The summed E-state index contributed by atoms with van der Waals surface area (Å²) in [6.07, 6.45) is 1.89. The summed E-state index contributed by atoms with van der Waals surface area (Å²) in [4.78, 5) is 27.5. The van der Waals surface area contributed by atoms with Gasteiger partial charge < -0.3 is 19.9 Å². The number of carbonyl (C=O) groups excluding carboxylic acids is 1. The SMILES string of the molecule is Cc1cc(NC(=O)c2ccc(C(=O)O)c(C)n2)ccc1OC1CCOCC1. The van der Waals surface area contributed by atoms with E-state index in [-0.39, 0.29) is 17.4 Å². The highest BCUT2D eigenvalue weighted by molar-refractivity contribution is 6.03. The van der Waals surface area contributed by atoms with E-state index in [0.717, 1.165) is 24.2 Å². The van der Waals surface area contributed by atoms with Gasteiger partial charge in [0.1, 0.15) is 17.5 Å². The first-order valence-electron chi connectivity index (χ1n) is 8.81. The summed E-state index contributed by atoms with van der Waals surface area (Å²) in [5.41, 5.74) is 2.09. The van der Waals surface area contributed by atoms with Crippen molar-refractivity contribution in [1.82, 2.24) is 4.98 Å². The van der Waals surface area contributed by atoms with E-state index in [2.05, 4.69) is 10.3 Å². The molecule has 1 aliphatic rings. The molecule has 1 aromatic heterocycles. The number of rotatable bonds is 5. The molecule has 0 unspecified atom stereocenters. The molecule has 1 saturated heterocycles. The predicted octanol–water partition coefficient (Wildman–Crippen LogP) is 3.21. The Morgan fingerprint density at radius 3 is 2.56 bits per heavy atom. The molecule has 27 heavy (non-hydrogen) atoms. The van der Waals surface area contributed by atoms with Gasteiger partial charge in [-0.2, -0.15) is 0 Å². The van der Waals surface area contributed by atoms with Crippen LogP contribution in [0.15, 0.2) is 30.3 Å². The number of carbonyl (C=O) groups is 2. The molecule has 1 fully saturated rings. The first kappa shape index (κ1) is 18.8. The third kappa shape index (κ3) is 4.62. The summed E-state index contributed by atoms with van der Waals surface area (Å²) < 4.78 is 11.4. The van der Waals surface area contributed by atoms with Gasteiger partial charge in [0, 0.05) is 18.5 Å². The number of carboxylic acids is 1. The van der Waals surface area contributed by atoms with Gasteiger partial charge in [0.05, 0.1) is 24.5 Å². The first-order valence-corrected chi connectivity index (χ1v) is 8.81. The smallest absolute Gasteiger partial charge is 0.337 e. The van der Waals surface area contributed by atoms with Crippen molar-refractivity contribution in [3.63, 3.8) is 0 Å². The van der Waals surface area contributed by atoms with Gasteiger partial charge in [-0.25, -0.2) is 9.78 Å². The van der Waals surface area contributed by atoms with Crippen LogP contribution in [0.2, 0.25) is 0 Å². The first-order chi connectivity index (χ1) is 12.9. The van der Waals surface area contributed by atoms with Gasteiger partial charge >= 0.3 is 5.97 Å². The third-order valence-corrected chi connectivity index (χ3v) is 4.44. The van der Waals surface area contributed by atoms with Crippen LogP contribution in [0.1, 0.15) is 44.9 Å². The molecule has 2 N–H and O–H groups in total. The second-order valence-corrected chi connectivity index (χ2v) is 6.50. The maximum absolute atomic E-state index is 12.4. The minimum atomic E-state index is -1.07. The van der Waals surface area contributed by atoms with Crippen LogP contribution < -0.4 is 10.1 Å². The van der Waals surface area contributed by atoms with Crippen molar-refractivity contribution >= 4 is 17.6 Å². The van der Waals surface area contributed by atoms with Gasteiger partial charge in [0.15, 0.2) is 0 Å². The Kier molecular flexibility index (Phi) is 5.71. The summed E-state index contributed by atoms with van der Waals surface area (Å²) in [6, 6.07) is 8.24. The second-order valence-electron chi connectivity index (χ2n) is 6.50. The number of anilines is 1. The number of hydrogen-bond donors (Lipinski definition) is 2. The molecule has 2 heterocycles. The summed E-state index contributed by atoms with van der Waals surface area (Å²) >= 11 is 0. The minimum Gasteiger partial charge on any atom is -0.490 e. The quantitative estimate of drug-likeness (QED) is 0.839. The number of carboxylic acid groups (broad SMARTS) is 1. The van der Waals surface area contributed by atoms with Crippen LogP contribution in [0.5, 0.6) is 5.75 Å². The molecule has 142 valence electrons. The predicted molar refractivity (Wildman–Crippen MR) is 99.5 cm³/mol. The number of pyridine rings is 1. The molecule has 0 radical (unpaired) electrons. The number of hydrogen-bond acceptors (Lipinski definition) is 5. The van der Waals surface area contributed by atoms with E-state index in [1.54, 1.807) is 13.0 Å². The second kappa shape index (κ2) is 8.18. The van der Waals surface area contributed by atoms with Crippen LogP contribution in [0, 0.1) is 13.8 Å². The Morgan fingerprint density at radius 1 is 1.19 bits per heavy atom. The van der Waals surface area contributed by atoms with E-state index >= 15 is 0 Å².